The number of carbonyl (C=O) groups excluding carboxylic acids is 1. The van der Waals surface area contributed by atoms with Crippen LogP contribution in [0.15, 0.2) is 10.3 Å². The number of Topliss-reactive ketones (excluding diaryl/α,β-unsaturated/α-hetero) is 1. The minimum Gasteiger partial charge on any atom is -0.294 e. The van der Waals surface area contributed by atoms with Crippen molar-refractivity contribution in [3.05, 3.63) is 16.5 Å². The molecule has 1 aromatic rings. The molecule has 2 heterocycles. The van der Waals surface area contributed by atoms with Crippen LogP contribution in [0.3, 0.4) is 0 Å². The number of ketones is 1. The molecule has 1 nitrogen and oxygen atoms in total. The topological polar surface area (TPSA) is 17.1 Å². The molecule has 0 atom stereocenters. The van der Waals surface area contributed by atoms with Crippen molar-refractivity contribution in [2.45, 2.75) is 24.0 Å². The fraction of sp³-hybridized carbons (Fsp3) is 0.444. The third kappa shape index (κ3) is 1.43. The highest BCUT2D eigenvalue weighted by molar-refractivity contribution is 8.01. The Hall–Kier alpha value is -0.280. The standard InChI is InChI=1S/C9H10OS2/c1-6-5-7-8(10)3-2-4-11-9(7)12-6/h5H,2-4H2,1H3. The van der Waals surface area contributed by atoms with Gasteiger partial charge in [-0.05, 0) is 25.2 Å². The Morgan fingerprint density at radius 1 is 1.50 bits per heavy atom. The smallest absolute Gasteiger partial charge is 0.164 e. The van der Waals surface area contributed by atoms with E-state index >= 15 is 0 Å². The molecule has 1 aromatic heterocycles. The third-order valence-corrected chi connectivity index (χ3v) is 4.33. The normalized spacial score (nSPS) is 17.2. The van der Waals surface area contributed by atoms with Gasteiger partial charge in [0.05, 0.1) is 4.21 Å². The number of thiophene rings is 1. The molecule has 0 fully saturated rings. The average Bonchev–Trinajstić information content (AvgIpc) is 2.33. The fourth-order valence-corrected chi connectivity index (χ4v) is 3.76. The minimum absolute atomic E-state index is 0.333. The monoisotopic (exact) mass is 198 g/mol. The van der Waals surface area contributed by atoms with Crippen LogP contribution in [-0.4, -0.2) is 11.5 Å². The second-order valence-corrected chi connectivity index (χ2v) is 5.55. The van der Waals surface area contributed by atoms with Crippen LogP contribution in [0, 0.1) is 6.92 Å². The SMILES string of the molecule is Cc1cc2c(s1)SCCCC2=O. The quantitative estimate of drug-likeness (QED) is 0.637. The molecule has 1 aliphatic heterocycles. The summed E-state index contributed by atoms with van der Waals surface area (Å²) < 4.78 is 1.23. The summed E-state index contributed by atoms with van der Waals surface area (Å²) in [5, 5.41) is 0. The Balaban J connectivity index is 2.44. The first kappa shape index (κ1) is 8.32. The van der Waals surface area contributed by atoms with E-state index in [0.29, 0.717) is 5.78 Å². The first-order valence-electron chi connectivity index (χ1n) is 4.04. The Labute approximate surface area is 80.2 Å². The highest BCUT2D eigenvalue weighted by atomic mass is 32.2. The van der Waals surface area contributed by atoms with E-state index in [2.05, 4.69) is 6.92 Å². The second kappa shape index (κ2) is 3.23. The number of hydrogen-bond acceptors (Lipinski definition) is 3. The molecule has 0 N–H and O–H groups in total. The molecule has 64 valence electrons. The van der Waals surface area contributed by atoms with Crippen LogP contribution in [0.25, 0.3) is 0 Å². The Kier molecular flexibility index (Phi) is 2.24. The highest BCUT2D eigenvalue weighted by Crippen LogP contribution is 2.35. The van der Waals surface area contributed by atoms with Crippen LogP contribution < -0.4 is 0 Å². The summed E-state index contributed by atoms with van der Waals surface area (Å²) in [4.78, 5) is 12.8. The van der Waals surface area contributed by atoms with Gasteiger partial charge in [-0.2, -0.15) is 0 Å². The van der Waals surface area contributed by atoms with Crippen molar-refractivity contribution in [2.75, 3.05) is 5.75 Å². The molecule has 0 bridgehead atoms. The van der Waals surface area contributed by atoms with Crippen LogP contribution in [-0.2, 0) is 0 Å². The average molecular weight is 198 g/mol. The van der Waals surface area contributed by atoms with Crippen LogP contribution in [0.5, 0.6) is 0 Å². The number of fused-ring (bicyclic) bond motifs is 1. The summed E-state index contributed by atoms with van der Waals surface area (Å²) in [5.74, 6) is 1.43. The third-order valence-electron chi connectivity index (χ3n) is 1.90. The maximum atomic E-state index is 11.5. The van der Waals surface area contributed by atoms with Gasteiger partial charge in [0.15, 0.2) is 5.78 Å². The maximum absolute atomic E-state index is 11.5. The summed E-state index contributed by atoms with van der Waals surface area (Å²) in [6, 6.07) is 2.03. The molecule has 0 unspecified atom stereocenters. The van der Waals surface area contributed by atoms with Gasteiger partial charge in [-0.15, -0.1) is 23.1 Å². The van der Waals surface area contributed by atoms with Gasteiger partial charge in [0, 0.05) is 16.9 Å². The van der Waals surface area contributed by atoms with Gasteiger partial charge in [-0.25, -0.2) is 0 Å². The Morgan fingerprint density at radius 2 is 2.33 bits per heavy atom. The zero-order valence-electron chi connectivity index (χ0n) is 6.92. The molecular weight excluding hydrogens is 188 g/mol. The van der Waals surface area contributed by atoms with Gasteiger partial charge >= 0.3 is 0 Å². The largest absolute Gasteiger partial charge is 0.294 e. The van der Waals surface area contributed by atoms with Crippen molar-refractivity contribution in [3.8, 4) is 0 Å². The molecule has 2 rings (SSSR count). The van der Waals surface area contributed by atoms with E-state index in [9.17, 15) is 4.79 Å². The molecule has 0 radical (unpaired) electrons. The fourth-order valence-electron chi connectivity index (χ4n) is 1.33. The van der Waals surface area contributed by atoms with Crippen molar-refractivity contribution in [1.29, 1.82) is 0 Å². The van der Waals surface area contributed by atoms with Gasteiger partial charge in [0.25, 0.3) is 0 Å². The lowest BCUT2D eigenvalue weighted by molar-refractivity contribution is 0.0981. The number of carbonyl (C=O) groups is 1. The summed E-state index contributed by atoms with van der Waals surface area (Å²) in [6.45, 7) is 2.06. The molecule has 0 saturated heterocycles. The molecule has 12 heavy (non-hydrogen) atoms. The van der Waals surface area contributed by atoms with Gasteiger partial charge in [-0.1, -0.05) is 0 Å². The molecule has 0 aromatic carbocycles. The van der Waals surface area contributed by atoms with E-state index in [1.165, 1.54) is 9.09 Å². The van der Waals surface area contributed by atoms with Crippen molar-refractivity contribution in [3.63, 3.8) is 0 Å². The molecular formula is C9H10OS2. The van der Waals surface area contributed by atoms with Crippen molar-refractivity contribution in [1.82, 2.24) is 0 Å². The zero-order valence-corrected chi connectivity index (χ0v) is 8.56. The Bertz CT molecular complexity index is 314. The number of aryl methyl sites for hydroxylation is 1. The zero-order chi connectivity index (χ0) is 8.55. The predicted molar refractivity (Wildman–Crippen MR) is 53.3 cm³/mol. The van der Waals surface area contributed by atoms with Crippen LogP contribution in [0.1, 0.15) is 28.1 Å². The lowest BCUT2D eigenvalue weighted by Gasteiger charge is -1.91. The minimum atomic E-state index is 0.333. The van der Waals surface area contributed by atoms with Gasteiger partial charge in [0.1, 0.15) is 0 Å². The first-order valence-corrected chi connectivity index (χ1v) is 5.84. The van der Waals surface area contributed by atoms with Crippen molar-refractivity contribution >= 4 is 28.9 Å². The molecule has 1 aliphatic rings. The Morgan fingerprint density at radius 3 is 3.17 bits per heavy atom. The summed E-state index contributed by atoms with van der Waals surface area (Å²) in [6.07, 6.45) is 1.76. The molecule has 0 saturated carbocycles. The van der Waals surface area contributed by atoms with E-state index in [1.54, 1.807) is 11.3 Å². The van der Waals surface area contributed by atoms with Crippen LogP contribution in [0.4, 0.5) is 0 Å². The number of thioether (sulfide) groups is 1. The lowest BCUT2D eigenvalue weighted by Crippen LogP contribution is -1.95. The van der Waals surface area contributed by atoms with E-state index in [-0.39, 0.29) is 0 Å². The molecule has 0 spiro atoms. The van der Waals surface area contributed by atoms with Gasteiger partial charge in [0.2, 0.25) is 0 Å². The summed E-state index contributed by atoms with van der Waals surface area (Å²) in [7, 11) is 0. The van der Waals surface area contributed by atoms with E-state index < -0.39 is 0 Å². The van der Waals surface area contributed by atoms with E-state index in [0.717, 1.165) is 24.2 Å². The van der Waals surface area contributed by atoms with Crippen molar-refractivity contribution in [2.24, 2.45) is 0 Å². The molecule has 0 aliphatic carbocycles. The van der Waals surface area contributed by atoms with Crippen LogP contribution >= 0.6 is 23.1 Å². The predicted octanol–water partition coefficient (Wildman–Crippen LogP) is 3.13. The summed E-state index contributed by atoms with van der Waals surface area (Å²) in [5.41, 5.74) is 0.972. The molecule has 0 amide bonds. The molecule has 3 heteroatoms. The lowest BCUT2D eigenvalue weighted by atomic mass is 10.1. The number of rotatable bonds is 0. The van der Waals surface area contributed by atoms with Crippen molar-refractivity contribution < 1.29 is 4.79 Å². The van der Waals surface area contributed by atoms with E-state index in [4.69, 9.17) is 0 Å². The van der Waals surface area contributed by atoms with Gasteiger partial charge < -0.3 is 0 Å². The van der Waals surface area contributed by atoms with Crippen LogP contribution in [0.2, 0.25) is 0 Å². The van der Waals surface area contributed by atoms with E-state index in [1.807, 2.05) is 17.8 Å². The number of hydrogen-bond donors (Lipinski definition) is 0. The maximum Gasteiger partial charge on any atom is 0.164 e. The highest BCUT2D eigenvalue weighted by Gasteiger charge is 2.17. The second-order valence-electron chi connectivity index (χ2n) is 2.93. The first-order chi connectivity index (χ1) is 5.77. The van der Waals surface area contributed by atoms with Gasteiger partial charge in [-0.3, -0.25) is 4.79 Å². The summed E-state index contributed by atoms with van der Waals surface area (Å²) >= 11 is 3.58.